The molecule has 11 nitrogen and oxygen atoms in total. The molecule has 0 spiro atoms. The van der Waals surface area contributed by atoms with E-state index in [0.717, 1.165) is 48.3 Å². The van der Waals surface area contributed by atoms with E-state index in [1.165, 1.54) is 11.6 Å². The number of hydrogen-bond acceptors (Lipinski definition) is 8. The molecule has 2 aliphatic rings. The van der Waals surface area contributed by atoms with Gasteiger partial charge in [0, 0.05) is 49.7 Å². The van der Waals surface area contributed by atoms with Crippen LogP contribution in [0.15, 0.2) is 79.8 Å². The summed E-state index contributed by atoms with van der Waals surface area (Å²) in [6.07, 6.45) is 9.65. The van der Waals surface area contributed by atoms with Gasteiger partial charge < -0.3 is 20.7 Å². The normalized spacial score (nSPS) is 17.6. The zero-order chi connectivity index (χ0) is 29.9. The van der Waals surface area contributed by atoms with Crippen molar-refractivity contribution >= 4 is 22.9 Å². The number of likely N-dealkylation sites (tertiary alicyclic amines) is 1. The molecular formula is C32H35N9O2. The third-order valence-electron chi connectivity index (χ3n) is 7.99. The van der Waals surface area contributed by atoms with Crippen LogP contribution in [-0.4, -0.2) is 72.4 Å². The van der Waals surface area contributed by atoms with Crippen molar-refractivity contribution in [2.24, 2.45) is 0 Å². The van der Waals surface area contributed by atoms with Crippen LogP contribution in [0.5, 0.6) is 5.75 Å². The number of piperidine rings is 1. The second kappa shape index (κ2) is 12.1. The van der Waals surface area contributed by atoms with E-state index in [2.05, 4.69) is 41.0 Å². The molecule has 3 N–H and O–H groups in total. The number of amides is 1. The van der Waals surface area contributed by atoms with Crippen LogP contribution in [0.4, 0.5) is 5.82 Å². The monoisotopic (exact) mass is 577 g/mol. The number of fused-ring (bicyclic) bond motifs is 2. The minimum absolute atomic E-state index is 0.0575. The molecule has 0 bridgehead atoms. The number of imidazole rings is 1. The predicted octanol–water partition coefficient (Wildman–Crippen LogP) is 3.96. The fourth-order valence-electron chi connectivity index (χ4n) is 5.68. The van der Waals surface area contributed by atoms with Crippen LogP contribution in [0.1, 0.15) is 25.3 Å². The second-order valence-electron chi connectivity index (χ2n) is 10.7. The Labute approximate surface area is 250 Å². The minimum atomic E-state index is 0.0575. The lowest BCUT2D eigenvalue weighted by Gasteiger charge is -2.37. The number of rotatable bonds is 5. The topological polar surface area (TPSA) is 129 Å². The predicted molar refractivity (Wildman–Crippen MR) is 166 cm³/mol. The first-order chi connectivity index (χ1) is 21.0. The van der Waals surface area contributed by atoms with E-state index in [0.29, 0.717) is 41.8 Å². The number of nitrogens with one attached hydrogen (secondary N) is 1. The lowest BCUT2D eigenvalue weighted by molar-refractivity contribution is -0.129. The van der Waals surface area contributed by atoms with Crippen molar-refractivity contribution in [2.45, 2.75) is 38.3 Å². The summed E-state index contributed by atoms with van der Waals surface area (Å²) in [5.41, 5.74) is 10.5. The summed E-state index contributed by atoms with van der Waals surface area (Å²) in [7, 11) is 1.97. The summed E-state index contributed by atoms with van der Waals surface area (Å²) in [6, 6.07) is 16.5. The van der Waals surface area contributed by atoms with Gasteiger partial charge in [-0.2, -0.15) is 5.10 Å². The van der Waals surface area contributed by atoms with Crippen LogP contribution in [0, 0.1) is 0 Å². The molecule has 0 aliphatic carbocycles. The zero-order valence-corrected chi connectivity index (χ0v) is 24.3. The van der Waals surface area contributed by atoms with Gasteiger partial charge in [-0.1, -0.05) is 12.6 Å². The number of benzene rings is 1. The molecule has 2 unspecified atom stereocenters. The van der Waals surface area contributed by atoms with Gasteiger partial charge in [0.2, 0.25) is 5.91 Å². The number of carbonyl (C=O) groups excluding carboxylic acids is 1. The van der Waals surface area contributed by atoms with Crippen LogP contribution < -0.4 is 15.8 Å². The molecule has 2 atom stereocenters. The van der Waals surface area contributed by atoms with Gasteiger partial charge in [0.25, 0.3) is 0 Å². The third kappa shape index (κ3) is 5.59. The van der Waals surface area contributed by atoms with Crippen LogP contribution in [0.2, 0.25) is 0 Å². The molecule has 7 rings (SSSR count). The Morgan fingerprint density at radius 3 is 2.79 bits per heavy atom. The van der Waals surface area contributed by atoms with Gasteiger partial charge in [0.1, 0.15) is 17.1 Å². The Morgan fingerprint density at radius 1 is 1.16 bits per heavy atom. The average molecular weight is 578 g/mol. The maximum atomic E-state index is 11.4. The van der Waals surface area contributed by atoms with Crippen LogP contribution in [-0.2, 0) is 11.2 Å². The Hall–Kier alpha value is -5.03. The van der Waals surface area contributed by atoms with E-state index in [-0.39, 0.29) is 5.91 Å². The molecule has 1 saturated heterocycles. The summed E-state index contributed by atoms with van der Waals surface area (Å²) in [5.74, 6) is 2.75. The third-order valence-corrected chi connectivity index (χ3v) is 7.99. The number of nitrogen functional groups attached to an aromatic ring is 1. The standard InChI is InChI=1S/C22H17N7O.C10H18N2O/c23-20-16(3-1-9-24-20)21-26-17-6-7-19(28-11-2-10-25-28)27-22(17)29(21)15-5-4-14-8-12-30-18(14)13-15;1-4-10(13)12-6-5-9(11-3)7-8(12)2/h1-7,9-11,13H,8,12H2,(H2,23,24);4,8-9,11H,1,5-7H2,2-3H3. The summed E-state index contributed by atoms with van der Waals surface area (Å²) in [4.78, 5) is 27.2. The summed E-state index contributed by atoms with van der Waals surface area (Å²) in [5, 5.41) is 7.54. The first kappa shape index (κ1) is 28.1. The number of ether oxygens (including phenoxy) is 1. The average Bonchev–Trinajstić information content (AvgIpc) is 3.80. The largest absolute Gasteiger partial charge is 0.493 e. The molecule has 0 radical (unpaired) electrons. The van der Waals surface area contributed by atoms with Gasteiger partial charge >= 0.3 is 0 Å². The Balaban J connectivity index is 0.000000214. The first-order valence-corrected chi connectivity index (χ1v) is 14.4. The van der Waals surface area contributed by atoms with Gasteiger partial charge in [0.15, 0.2) is 17.3 Å². The van der Waals surface area contributed by atoms with Crippen molar-refractivity contribution in [3.63, 3.8) is 0 Å². The van der Waals surface area contributed by atoms with Gasteiger partial charge in [-0.15, -0.1) is 0 Å². The van der Waals surface area contributed by atoms with E-state index in [1.807, 2.05) is 59.1 Å². The number of nitrogens with two attached hydrogens (primary N) is 1. The molecule has 43 heavy (non-hydrogen) atoms. The molecule has 1 aromatic carbocycles. The molecule has 1 amide bonds. The Bertz CT molecular complexity index is 1760. The number of aromatic nitrogens is 6. The molecular weight excluding hydrogens is 542 g/mol. The highest BCUT2D eigenvalue weighted by Crippen LogP contribution is 2.34. The van der Waals surface area contributed by atoms with Crippen molar-refractivity contribution in [3.8, 4) is 28.6 Å². The highest BCUT2D eigenvalue weighted by Gasteiger charge is 2.26. The highest BCUT2D eigenvalue weighted by atomic mass is 16.5. The quantitative estimate of drug-likeness (QED) is 0.301. The molecule has 220 valence electrons. The lowest BCUT2D eigenvalue weighted by atomic mass is 9.98. The smallest absolute Gasteiger partial charge is 0.246 e. The molecule has 2 aliphatic heterocycles. The van der Waals surface area contributed by atoms with E-state index >= 15 is 0 Å². The fourth-order valence-corrected chi connectivity index (χ4v) is 5.68. The van der Waals surface area contributed by atoms with Crippen molar-refractivity contribution in [1.82, 2.24) is 39.5 Å². The molecule has 5 aromatic rings. The van der Waals surface area contributed by atoms with Crippen molar-refractivity contribution in [3.05, 3.63) is 85.3 Å². The van der Waals surface area contributed by atoms with Gasteiger partial charge in [0.05, 0.1) is 17.9 Å². The SMILES string of the molecule is C=CC(=O)N1CCC(NC)CC1C.Nc1ncccc1-c1nc2ccc(-n3cccn3)nc2n1-c1ccc2c(c1)OCC2. The zero-order valence-electron chi connectivity index (χ0n) is 24.3. The Morgan fingerprint density at radius 2 is 2.05 bits per heavy atom. The van der Waals surface area contributed by atoms with Crippen molar-refractivity contribution in [2.75, 3.05) is 25.9 Å². The molecule has 0 saturated carbocycles. The highest BCUT2D eigenvalue weighted by molar-refractivity contribution is 5.87. The first-order valence-electron chi connectivity index (χ1n) is 14.4. The number of anilines is 1. The van der Waals surface area contributed by atoms with Gasteiger partial charge in [-0.05, 0) is 74.9 Å². The Kier molecular flexibility index (Phi) is 7.89. The van der Waals surface area contributed by atoms with Gasteiger partial charge in [-0.25, -0.2) is 19.6 Å². The molecule has 11 heteroatoms. The van der Waals surface area contributed by atoms with E-state index in [4.69, 9.17) is 20.4 Å². The molecule has 4 aromatic heterocycles. The number of nitrogens with zero attached hydrogens (tertiary/aromatic N) is 7. The molecule has 6 heterocycles. The van der Waals surface area contributed by atoms with E-state index in [9.17, 15) is 4.79 Å². The van der Waals surface area contributed by atoms with Crippen LogP contribution >= 0.6 is 0 Å². The maximum Gasteiger partial charge on any atom is 0.246 e. The molecule has 1 fully saturated rings. The number of hydrogen-bond donors (Lipinski definition) is 2. The van der Waals surface area contributed by atoms with Crippen molar-refractivity contribution < 1.29 is 9.53 Å². The summed E-state index contributed by atoms with van der Waals surface area (Å²) in [6.45, 7) is 7.14. The number of carbonyl (C=O) groups is 1. The van der Waals surface area contributed by atoms with Crippen molar-refractivity contribution in [1.29, 1.82) is 0 Å². The van der Waals surface area contributed by atoms with Crippen LogP contribution in [0.25, 0.3) is 34.1 Å². The maximum absolute atomic E-state index is 11.4. The minimum Gasteiger partial charge on any atom is -0.493 e. The summed E-state index contributed by atoms with van der Waals surface area (Å²) >= 11 is 0. The van der Waals surface area contributed by atoms with Gasteiger partial charge in [-0.3, -0.25) is 9.36 Å². The summed E-state index contributed by atoms with van der Waals surface area (Å²) < 4.78 is 9.52. The fraction of sp³-hybridized carbons (Fsp3) is 0.281. The lowest BCUT2D eigenvalue weighted by Crippen LogP contribution is -2.48. The second-order valence-corrected chi connectivity index (χ2v) is 10.7. The van der Waals surface area contributed by atoms with E-state index in [1.54, 1.807) is 17.1 Å². The van der Waals surface area contributed by atoms with E-state index < -0.39 is 0 Å². The van der Waals surface area contributed by atoms with Crippen LogP contribution in [0.3, 0.4) is 0 Å². The number of pyridine rings is 2.